The average molecular weight is 687 g/mol. The SMILES string of the molecule is NCC1CCC(C(=O)N(c2ccc(-c3nn[nH]n3)cc2)[C@@H](Cc2ccc(-c3cncc(S(=O)(=O)NC4CCNCC4)c3)cc2)C(N)=O)CC1. The summed E-state index contributed by atoms with van der Waals surface area (Å²) in [6.45, 7) is 2.13. The van der Waals surface area contributed by atoms with Gasteiger partial charge in [-0.3, -0.25) is 19.5 Å². The molecule has 7 N–H and O–H groups in total. The van der Waals surface area contributed by atoms with Crippen LogP contribution in [0.15, 0.2) is 71.9 Å². The molecule has 2 aromatic carbocycles. The third-order valence-electron chi connectivity index (χ3n) is 9.56. The average Bonchev–Trinajstić information content (AvgIpc) is 3.68. The summed E-state index contributed by atoms with van der Waals surface area (Å²) in [6, 6.07) is 15.0. The van der Waals surface area contributed by atoms with E-state index in [1.165, 1.54) is 11.1 Å². The zero-order chi connectivity index (χ0) is 34.4. The number of anilines is 1. The normalized spacial score (nSPS) is 19.3. The van der Waals surface area contributed by atoms with Crippen LogP contribution in [-0.4, -0.2) is 77.6 Å². The van der Waals surface area contributed by atoms with Gasteiger partial charge in [-0.15, -0.1) is 10.2 Å². The van der Waals surface area contributed by atoms with Crippen molar-refractivity contribution in [3.05, 3.63) is 72.6 Å². The van der Waals surface area contributed by atoms with Crippen LogP contribution in [0.2, 0.25) is 0 Å². The van der Waals surface area contributed by atoms with Crippen molar-refractivity contribution in [3.8, 4) is 22.5 Å². The van der Waals surface area contributed by atoms with Crippen LogP contribution in [0.25, 0.3) is 22.5 Å². The quantitative estimate of drug-likeness (QED) is 0.146. The van der Waals surface area contributed by atoms with Gasteiger partial charge in [0.05, 0.1) is 0 Å². The second-order valence-electron chi connectivity index (χ2n) is 12.8. The van der Waals surface area contributed by atoms with Gasteiger partial charge in [0.2, 0.25) is 27.7 Å². The monoisotopic (exact) mass is 686 g/mol. The Kier molecular flexibility index (Phi) is 10.7. The molecule has 1 aliphatic heterocycles. The third kappa shape index (κ3) is 8.19. The number of nitrogens with two attached hydrogens (primary N) is 2. The van der Waals surface area contributed by atoms with E-state index in [0.717, 1.165) is 49.9 Å². The Hall–Kier alpha value is -4.57. The maximum Gasteiger partial charge on any atom is 0.242 e. The molecule has 2 fully saturated rings. The molecule has 258 valence electrons. The van der Waals surface area contributed by atoms with E-state index in [1.54, 1.807) is 36.5 Å². The van der Waals surface area contributed by atoms with E-state index in [2.05, 4.69) is 35.6 Å². The second-order valence-corrected chi connectivity index (χ2v) is 14.5. The van der Waals surface area contributed by atoms with Crippen LogP contribution in [0.5, 0.6) is 0 Å². The van der Waals surface area contributed by atoms with Crippen molar-refractivity contribution >= 4 is 27.5 Å². The molecule has 2 aliphatic rings. The van der Waals surface area contributed by atoms with E-state index >= 15 is 0 Å². The van der Waals surface area contributed by atoms with Crippen molar-refractivity contribution < 1.29 is 18.0 Å². The number of hydrogen-bond acceptors (Lipinski definition) is 10. The van der Waals surface area contributed by atoms with Crippen LogP contribution in [-0.2, 0) is 26.0 Å². The highest BCUT2D eigenvalue weighted by molar-refractivity contribution is 7.89. The Labute approximate surface area is 285 Å². The fourth-order valence-electron chi connectivity index (χ4n) is 6.68. The number of carbonyl (C=O) groups excluding carboxylic acids is 2. The fourth-order valence-corrected chi connectivity index (χ4v) is 7.98. The van der Waals surface area contributed by atoms with Crippen molar-refractivity contribution in [2.24, 2.45) is 23.3 Å². The Morgan fingerprint density at radius 2 is 1.61 bits per heavy atom. The van der Waals surface area contributed by atoms with Crippen LogP contribution in [0, 0.1) is 11.8 Å². The number of nitrogens with zero attached hydrogens (tertiary/aromatic N) is 5. The molecule has 4 aromatic rings. The van der Waals surface area contributed by atoms with Gasteiger partial charge in [0.25, 0.3) is 0 Å². The number of primary amides is 1. The van der Waals surface area contributed by atoms with Gasteiger partial charge in [0, 0.05) is 47.6 Å². The molecule has 0 spiro atoms. The Bertz CT molecular complexity index is 1820. The Balaban J connectivity index is 1.23. The summed E-state index contributed by atoms with van der Waals surface area (Å²) in [4.78, 5) is 33.2. The number of benzene rings is 2. The number of hydrogen-bond donors (Lipinski definition) is 5. The minimum absolute atomic E-state index is 0.0985. The zero-order valence-corrected chi connectivity index (χ0v) is 28.0. The predicted octanol–water partition coefficient (Wildman–Crippen LogP) is 2.15. The van der Waals surface area contributed by atoms with Gasteiger partial charge in [-0.05, 0) is 111 Å². The number of aromatic nitrogens is 5. The maximum atomic E-state index is 14.2. The highest BCUT2D eigenvalue weighted by atomic mass is 32.2. The number of nitrogens with one attached hydrogen (secondary N) is 3. The third-order valence-corrected chi connectivity index (χ3v) is 11.0. The summed E-state index contributed by atoms with van der Waals surface area (Å²) in [5, 5.41) is 17.3. The van der Waals surface area contributed by atoms with E-state index in [4.69, 9.17) is 11.5 Å². The smallest absolute Gasteiger partial charge is 0.242 e. The van der Waals surface area contributed by atoms with Gasteiger partial charge >= 0.3 is 0 Å². The predicted molar refractivity (Wildman–Crippen MR) is 184 cm³/mol. The largest absolute Gasteiger partial charge is 0.368 e. The number of aromatic amines is 1. The van der Waals surface area contributed by atoms with Gasteiger partial charge in [0.15, 0.2) is 0 Å². The first-order valence-electron chi connectivity index (χ1n) is 16.7. The number of sulfonamides is 1. The minimum Gasteiger partial charge on any atom is -0.368 e. The minimum atomic E-state index is -3.74. The van der Waals surface area contributed by atoms with Crippen LogP contribution >= 0.6 is 0 Å². The van der Waals surface area contributed by atoms with Crippen LogP contribution in [0.3, 0.4) is 0 Å². The maximum absolute atomic E-state index is 14.2. The molecule has 3 heterocycles. The van der Waals surface area contributed by atoms with E-state index in [1.807, 2.05) is 24.3 Å². The molecule has 15 heteroatoms. The van der Waals surface area contributed by atoms with Crippen molar-refractivity contribution in [1.82, 2.24) is 35.6 Å². The Morgan fingerprint density at radius 1 is 0.918 bits per heavy atom. The van der Waals surface area contributed by atoms with Crippen molar-refractivity contribution in [2.45, 2.75) is 61.9 Å². The van der Waals surface area contributed by atoms with Gasteiger partial charge in [0.1, 0.15) is 10.9 Å². The van der Waals surface area contributed by atoms with Crippen molar-refractivity contribution in [2.75, 3.05) is 24.5 Å². The molecule has 1 saturated carbocycles. The summed E-state index contributed by atoms with van der Waals surface area (Å²) in [5.74, 6) is -0.236. The van der Waals surface area contributed by atoms with Crippen LogP contribution in [0.4, 0.5) is 5.69 Å². The molecule has 0 radical (unpaired) electrons. The van der Waals surface area contributed by atoms with Crippen LogP contribution < -0.4 is 26.4 Å². The lowest BCUT2D eigenvalue weighted by Gasteiger charge is -2.35. The fraction of sp³-hybridized carbons (Fsp3) is 0.412. The van der Waals surface area contributed by atoms with Crippen molar-refractivity contribution in [1.29, 1.82) is 0 Å². The standard InChI is InChI=1S/C34H42N10O4S/c35-19-23-3-7-26(8-4-23)34(46)44(29-11-9-25(10-12-29)33-39-42-43-40-33)31(32(36)45)17-22-1-5-24(6-2-22)27-18-30(21-38-20-27)49(47,48)41-28-13-15-37-16-14-28/h1-2,5-6,9-12,18,20-21,23,26,28,31,37,41H,3-4,7-8,13-17,19,35H2,(H2,36,45)(H,39,40,42,43)/t23?,26?,31-/m0/s1. The first kappa shape index (κ1) is 34.3. The number of piperidine rings is 1. The highest BCUT2D eigenvalue weighted by Crippen LogP contribution is 2.33. The number of tetrazole rings is 1. The molecule has 2 amide bonds. The number of pyridine rings is 1. The lowest BCUT2D eigenvalue weighted by atomic mass is 9.81. The first-order chi connectivity index (χ1) is 23.7. The topological polar surface area (TPSA) is 215 Å². The van der Waals surface area contributed by atoms with Gasteiger partial charge in [-0.1, -0.05) is 24.3 Å². The first-order valence-corrected chi connectivity index (χ1v) is 18.1. The summed E-state index contributed by atoms with van der Waals surface area (Å²) >= 11 is 0. The summed E-state index contributed by atoms with van der Waals surface area (Å²) in [7, 11) is -3.74. The highest BCUT2D eigenvalue weighted by Gasteiger charge is 2.36. The number of amides is 2. The molecule has 1 saturated heterocycles. The molecular formula is C34H42N10O4S. The number of carbonyl (C=O) groups is 2. The van der Waals surface area contributed by atoms with Gasteiger partial charge < -0.3 is 16.8 Å². The molecule has 0 bridgehead atoms. The lowest BCUT2D eigenvalue weighted by molar-refractivity contribution is -0.127. The molecule has 6 rings (SSSR count). The van der Waals surface area contributed by atoms with E-state index < -0.39 is 22.0 Å². The van der Waals surface area contributed by atoms with E-state index in [-0.39, 0.29) is 29.2 Å². The molecule has 1 aliphatic carbocycles. The Morgan fingerprint density at radius 3 is 2.24 bits per heavy atom. The molecule has 2 aromatic heterocycles. The summed E-state index contributed by atoms with van der Waals surface area (Å²) in [6.07, 6.45) is 7.68. The van der Waals surface area contributed by atoms with E-state index in [0.29, 0.717) is 47.9 Å². The number of H-pyrrole nitrogens is 1. The molecular weight excluding hydrogens is 645 g/mol. The zero-order valence-electron chi connectivity index (χ0n) is 27.2. The van der Waals surface area contributed by atoms with Crippen molar-refractivity contribution in [3.63, 3.8) is 0 Å². The van der Waals surface area contributed by atoms with E-state index in [9.17, 15) is 18.0 Å². The summed E-state index contributed by atoms with van der Waals surface area (Å²) in [5.41, 5.74) is 15.4. The van der Waals surface area contributed by atoms with Gasteiger partial charge in [-0.2, -0.15) is 5.21 Å². The molecule has 1 atom stereocenters. The van der Waals surface area contributed by atoms with Crippen LogP contribution in [0.1, 0.15) is 44.1 Å². The summed E-state index contributed by atoms with van der Waals surface area (Å²) < 4.78 is 29.0. The number of rotatable bonds is 12. The molecule has 49 heavy (non-hydrogen) atoms. The lowest BCUT2D eigenvalue weighted by Crippen LogP contribution is -2.52. The van der Waals surface area contributed by atoms with Gasteiger partial charge in [-0.25, -0.2) is 13.1 Å². The molecule has 14 nitrogen and oxygen atoms in total. The second kappa shape index (κ2) is 15.3. The molecule has 0 unspecified atom stereocenters.